The number of hydrogen-bond acceptors (Lipinski definition) is 4. The zero-order valence-corrected chi connectivity index (χ0v) is 17.3. The van der Waals surface area contributed by atoms with Crippen LogP contribution in [0, 0.1) is 11.8 Å². The quantitative estimate of drug-likeness (QED) is 0.403. The molecule has 0 spiro atoms. The number of carboxylic acids is 1. The lowest BCUT2D eigenvalue weighted by atomic mass is 9.96. The smallest absolute Gasteiger partial charge is 0.304 e. The number of carboxylic acid groups (broad SMARTS) is 1. The van der Waals surface area contributed by atoms with Crippen LogP contribution in [0.25, 0.3) is 10.9 Å². The first-order chi connectivity index (χ1) is 14.6. The number of hydrogen-bond donors (Lipinski definition) is 1. The van der Waals surface area contributed by atoms with Gasteiger partial charge in [0.05, 0.1) is 31.0 Å². The van der Waals surface area contributed by atoms with Gasteiger partial charge in [-0.2, -0.15) is 5.10 Å². The molecule has 0 saturated carbocycles. The van der Waals surface area contributed by atoms with E-state index in [1.54, 1.807) is 6.92 Å². The summed E-state index contributed by atoms with van der Waals surface area (Å²) in [6.07, 6.45) is 2.00. The molecule has 3 aromatic rings. The van der Waals surface area contributed by atoms with Crippen molar-refractivity contribution in [2.45, 2.75) is 39.3 Å². The molecule has 6 nitrogen and oxygen atoms in total. The Morgan fingerprint density at radius 1 is 1.23 bits per heavy atom. The summed E-state index contributed by atoms with van der Waals surface area (Å²) in [6, 6.07) is 13.5. The van der Waals surface area contributed by atoms with Crippen molar-refractivity contribution in [2.24, 2.45) is 0 Å². The molecule has 0 radical (unpaired) electrons. The molecule has 30 heavy (non-hydrogen) atoms. The maximum atomic E-state index is 11.0. The third-order valence-corrected chi connectivity index (χ3v) is 4.67. The van der Waals surface area contributed by atoms with Gasteiger partial charge in [0.15, 0.2) is 0 Å². The van der Waals surface area contributed by atoms with Crippen molar-refractivity contribution >= 4 is 16.9 Å². The van der Waals surface area contributed by atoms with Crippen molar-refractivity contribution in [3.8, 4) is 17.6 Å². The van der Waals surface area contributed by atoms with Crippen LogP contribution < -0.4 is 4.74 Å². The number of fused-ring (bicyclic) bond motifs is 1. The van der Waals surface area contributed by atoms with E-state index < -0.39 is 5.97 Å². The molecule has 0 aliphatic carbocycles. The number of benzene rings is 2. The predicted molar refractivity (Wildman–Crippen MR) is 115 cm³/mol. The Morgan fingerprint density at radius 3 is 2.73 bits per heavy atom. The molecule has 1 aromatic heterocycles. The van der Waals surface area contributed by atoms with Crippen LogP contribution in [0.2, 0.25) is 0 Å². The normalized spacial score (nSPS) is 11.7. The molecule has 2 aromatic carbocycles. The first-order valence-corrected chi connectivity index (χ1v) is 9.99. The minimum absolute atomic E-state index is 0.0146. The van der Waals surface area contributed by atoms with Crippen LogP contribution in [0.4, 0.5) is 0 Å². The van der Waals surface area contributed by atoms with E-state index in [0.717, 1.165) is 34.3 Å². The lowest BCUT2D eigenvalue weighted by molar-refractivity contribution is -0.137. The summed E-state index contributed by atoms with van der Waals surface area (Å²) < 4.78 is 13.2. The first kappa shape index (κ1) is 21.4. The van der Waals surface area contributed by atoms with Gasteiger partial charge in [0.2, 0.25) is 0 Å². The van der Waals surface area contributed by atoms with E-state index in [2.05, 4.69) is 23.0 Å². The summed E-state index contributed by atoms with van der Waals surface area (Å²) in [5, 5.41) is 14.7. The molecule has 0 unspecified atom stereocenters. The van der Waals surface area contributed by atoms with Crippen LogP contribution in [0.5, 0.6) is 5.75 Å². The van der Waals surface area contributed by atoms with E-state index >= 15 is 0 Å². The van der Waals surface area contributed by atoms with E-state index in [4.69, 9.17) is 14.6 Å². The van der Waals surface area contributed by atoms with Gasteiger partial charge in [-0.05, 0) is 49.2 Å². The van der Waals surface area contributed by atoms with Crippen molar-refractivity contribution in [2.75, 3.05) is 13.2 Å². The molecule has 0 aliphatic rings. The van der Waals surface area contributed by atoms with Gasteiger partial charge in [-0.3, -0.25) is 9.48 Å². The number of aromatic nitrogens is 2. The number of aliphatic carboxylic acids is 1. The lowest BCUT2D eigenvalue weighted by Gasteiger charge is -2.11. The summed E-state index contributed by atoms with van der Waals surface area (Å²) in [5.41, 5.74) is 2.87. The maximum Gasteiger partial charge on any atom is 0.304 e. The van der Waals surface area contributed by atoms with Gasteiger partial charge in [0, 0.05) is 18.2 Å². The highest BCUT2D eigenvalue weighted by molar-refractivity contribution is 5.78. The largest absolute Gasteiger partial charge is 0.489 e. The van der Waals surface area contributed by atoms with Gasteiger partial charge in [-0.25, -0.2) is 0 Å². The molecule has 6 heteroatoms. The third-order valence-electron chi connectivity index (χ3n) is 4.67. The molecule has 0 amide bonds. The molecule has 0 fully saturated rings. The number of ether oxygens (including phenoxy) is 2. The zero-order chi connectivity index (χ0) is 21.3. The van der Waals surface area contributed by atoms with Crippen molar-refractivity contribution in [3.63, 3.8) is 0 Å². The molecule has 1 atom stereocenters. The van der Waals surface area contributed by atoms with Gasteiger partial charge in [0.1, 0.15) is 12.4 Å². The van der Waals surface area contributed by atoms with Crippen LogP contribution >= 0.6 is 0 Å². The van der Waals surface area contributed by atoms with Crippen molar-refractivity contribution in [3.05, 3.63) is 59.8 Å². The fourth-order valence-corrected chi connectivity index (χ4v) is 3.20. The van der Waals surface area contributed by atoms with Crippen LogP contribution in [0.1, 0.15) is 37.3 Å². The number of carbonyl (C=O) groups is 1. The molecular weight excluding hydrogens is 380 g/mol. The molecule has 1 N–H and O–H groups in total. The molecule has 0 bridgehead atoms. The van der Waals surface area contributed by atoms with Gasteiger partial charge in [-0.1, -0.05) is 24.1 Å². The van der Waals surface area contributed by atoms with Gasteiger partial charge < -0.3 is 14.6 Å². The maximum absolute atomic E-state index is 11.0. The summed E-state index contributed by atoms with van der Waals surface area (Å²) in [5.74, 6) is 5.31. The zero-order valence-electron chi connectivity index (χ0n) is 17.3. The lowest BCUT2D eigenvalue weighted by Crippen LogP contribution is -2.05. The monoisotopic (exact) mass is 406 g/mol. The summed E-state index contributed by atoms with van der Waals surface area (Å²) in [4.78, 5) is 11.0. The Labute approximate surface area is 176 Å². The molecule has 1 heterocycles. The summed E-state index contributed by atoms with van der Waals surface area (Å²) in [6.45, 7) is 6.21. The van der Waals surface area contributed by atoms with Crippen molar-refractivity contribution in [1.82, 2.24) is 9.78 Å². The van der Waals surface area contributed by atoms with E-state index in [9.17, 15) is 4.79 Å². The van der Waals surface area contributed by atoms with Gasteiger partial charge in [-0.15, -0.1) is 5.92 Å². The Hall–Kier alpha value is -3.30. The van der Waals surface area contributed by atoms with Crippen LogP contribution in [0.3, 0.4) is 0 Å². The van der Waals surface area contributed by atoms with E-state index in [0.29, 0.717) is 19.8 Å². The first-order valence-electron chi connectivity index (χ1n) is 9.99. The minimum atomic E-state index is -0.861. The highest BCUT2D eigenvalue weighted by Gasteiger charge is 2.13. The number of nitrogens with zero attached hydrogens (tertiary/aromatic N) is 2. The fraction of sp³-hybridized carbons (Fsp3) is 0.333. The predicted octanol–water partition coefficient (Wildman–Crippen LogP) is 4.23. The van der Waals surface area contributed by atoms with Gasteiger partial charge >= 0.3 is 5.97 Å². The standard InChI is InChI=1S/C24H26N2O4/c1-3-5-20(15-24(27)28)19-7-9-22(10-8-19)30-17-18-6-11-23-21(14-18)16-26(25-23)12-13-29-4-2/h6-11,14,16,20H,4,12-13,15,17H2,1-2H3,(H,27,28)/t20-/m0/s1. The number of rotatable bonds is 10. The Balaban J connectivity index is 1.62. The summed E-state index contributed by atoms with van der Waals surface area (Å²) in [7, 11) is 0. The molecule has 0 saturated heterocycles. The van der Waals surface area contributed by atoms with Crippen LogP contribution in [-0.4, -0.2) is 34.1 Å². The second kappa shape index (κ2) is 10.5. The van der Waals surface area contributed by atoms with E-state index in [1.165, 1.54) is 0 Å². The molecule has 156 valence electrons. The molecular formula is C24H26N2O4. The van der Waals surface area contributed by atoms with E-state index in [-0.39, 0.29) is 12.3 Å². The van der Waals surface area contributed by atoms with Gasteiger partial charge in [0.25, 0.3) is 0 Å². The highest BCUT2D eigenvalue weighted by atomic mass is 16.5. The second-order valence-corrected chi connectivity index (χ2v) is 6.88. The molecule has 0 aliphatic heterocycles. The second-order valence-electron chi connectivity index (χ2n) is 6.88. The van der Waals surface area contributed by atoms with Crippen molar-refractivity contribution in [1.29, 1.82) is 0 Å². The summed E-state index contributed by atoms with van der Waals surface area (Å²) >= 11 is 0. The Bertz CT molecular complexity index is 1040. The third kappa shape index (κ3) is 5.85. The average molecular weight is 406 g/mol. The SMILES string of the molecule is CC#C[C@@H](CC(=O)O)c1ccc(OCc2ccc3nn(CCOCC)cc3c2)cc1. The molecule has 3 rings (SSSR count). The topological polar surface area (TPSA) is 73.6 Å². The Kier molecular flexibility index (Phi) is 7.47. The average Bonchev–Trinajstić information content (AvgIpc) is 3.14. The van der Waals surface area contributed by atoms with Crippen molar-refractivity contribution < 1.29 is 19.4 Å². The van der Waals surface area contributed by atoms with Crippen LogP contribution in [0.15, 0.2) is 48.7 Å². The minimum Gasteiger partial charge on any atom is -0.489 e. The Morgan fingerprint density at radius 2 is 2.03 bits per heavy atom. The van der Waals surface area contributed by atoms with E-state index in [1.807, 2.05) is 54.2 Å². The van der Waals surface area contributed by atoms with Crippen LogP contribution in [-0.2, 0) is 22.7 Å². The fourth-order valence-electron chi connectivity index (χ4n) is 3.20. The highest BCUT2D eigenvalue weighted by Crippen LogP contribution is 2.23.